The molecule has 3 N–H and O–H groups in total. The van der Waals surface area contributed by atoms with Gasteiger partial charge in [0.25, 0.3) is 0 Å². The Morgan fingerprint density at radius 2 is 1.57 bits per heavy atom. The summed E-state index contributed by atoms with van der Waals surface area (Å²) in [5.74, 6) is 1.16. The molecule has 9 heteroatoms. The smallest absolute Gasteiger partial charge is 0.408 e. The van der Waals surface area contributed by atoms with Gasteiger partial charge in [-0.2, -0.15) is 0 Å². The van der Waals surface area contributed by atoms with Crippen molar-refractivity contribution in [3.8, 4) is 0 Å². The molecule has 47 heavy (non-hydrogen) atoms. The number of amides is 2. The number of para-hydroxylation sites is 1. The summed E-state index contributed by atoms with van der Waals surface area (Å²) in [6.07, 6.45) is 4.35. The van der Waals surface area contributed by atoms with Crippen molar-refractivity contribution in [2.24, 2.45) is 0 Å². The molecule has 3 aromatic carbocycles. The summed E-state index contributed by atoms with van der Waals surface area (Å²) in [5, 5.41) is 16.5. The summed E-state index contributed by atoms with van der Waals surface area (Å²) in [5.41, 5.74) is 3.68. The molecule has 246 valence electrons. The first-order valence-electron chi connectivity index (χ1n) is 16.3. The third-order valence-electron chi connectivity index (χ3n) is 8.12. The second-order valence-corrected chi connectivity index (χ2v) is 13.7. The monoisotopic (exact) mass is 634 g/mol. The Hall–Kier alpha value is -4.92. The van der Waals surface area contributed by atoms with E-state index in [9.17, 15) is 9.59 Å². The number of carbonyl (C=O) groups excluding carboxylic acids is 2. The van der Waals surface area contributed by atoms with Crippen LogP contribution in [0.25, 0.3) is 10.9 Å². The summed E-state index contributed by atoms with van der Waals surface area (Å²) in [4.78, 5) is 30.0. The lowest BCUT2D eigenvalue weighted by atomic mass is 10.0. The van der Waals surface area contributed by atoms with Crippen molar-refractivity contribution >= 4 is 22.9 Å². The number of carbonyl (C=O) groups is 2. The molecule has 0 saturated carbocycles. The minimum absolute atomic E-state index is 0.358. The van der Waals surface area contributed by atoms with Crippen LogP contribution in [-0.2, 0) is 35.3 Å². The fourth-order valence-electron chi connectivity index (χ4n) is 5.62. The summed E-state index contributed by atoms with van der Waals surface area (Å²) in [6.45, 7) is 11.3. The number of H-pyrrole nitrogens is 1. The van der Waals surface area contributed by atoms with Crippen molar-refractivity contribution in [1.82, 2.24) is 30.4 Å². The van der Waals surface area contributed by atoms with E-state index in [-0.39, 0.29) is 5.91 Å². The third-order valence-corrected chi connectivity index (χ3v) is 8.12. The van der Waals surface area contributed by atoms with E-state index in [0.29, 0.717) is 18.8 Å². The maximum absolute atomic E-state index is 13.9. The number of hydrogen-bond donors (Lipinski definition) is 3. The SMILES string of the molecule is Cc1ccc(Cn2c(CCCc3ccccc3)nnc2[C@@H](Cc2c[nH]c3ccccc23)NC(=O)C(C)(C)NC(=O)OC(C)(C)C)cc1. The Morgan fingerprint density at radius 3 is 2.30 bits per heavy atom. The van der Waals surface area contributed by atoms with Crippen LogP contribution in [0, 0.1) is 6.92 Å². The minimum atomic E-state index is -1.26. The zero-order chi connectivity index (χ0) is 33.6. The van der Waals surface area contributed by atoms with E-state index < -0.39 is 23.3 Å². The first-order chi connectivity index (χ1) is 22.4. The maximum atomic E-state index is 13.9. The zero-order valence-electron chi connectivity index (χ0n) is 28.3. The van der Waals surface area contributed by atoms with E-state index in [1.807, 2.05) is 30.5 Å². The van der Waals surface area contributed by atoms with E-state index >= 15 is 0 Å². The minimum Gasteiger partial charge on any atom is -0.444 e. The Labute approximate surface area is 277 Å². The van der Waals surface area contributed by atoms with Gasteiger partial charge in [-0.25, -0.2) is 4.79 Å². The summed E-state index contributed by atoms with van der Waals surface area (Å²) >= 11 is 0. The second-order valence-electron chi connectivity index (χ2n) is 13.7. The van der Waals surface area contributed by atoms with Gasteiger partial charge in [-0.15, -0.1) is 10.2 Å². The van der Waals surface area contributed by atoms with Crippen LogP contribution in [0.5, 0.6) is 0 Å². The molecule has 2 aromatic heterocycles. The molecule has 0 unspecified atom stereocenters. The molecular formula is C38H46N6O3. The molecule has 0 aliphatic rings. The zero-order valence-corrected chi connectivity index (χ0v) is 28.3. The number of aromatic amines is 1. The highest BCUT2D eigenvalue weighted by Gasteiger charge is 2.35. The number of benzene rings is 3. The molecule has 1 atom stereocenters. The number of nitrogens with one attached hydrogen (secondary N) is 3. The van der Waals surface area contributed by atoms with Crippen molar-refractivity contribution in [2.75, 3.05) is 0 Å². The predicted molar refractivity (Wildman–Crippen MR) is 185 cm³/mol. The normalized spacial score (nSPS) is 12.6. The molecule has 2 amide bonds. The van der Waals surface area contributed by atoms with Crippen molar-refractivity contribution in [3.63, 3.8) is 0 Å². The van der Waals surface area contributed by atoms with Gasteiger partial charge in [0.15, 0.2) is 5.82 Å². The quantitative estimate of drug-likeness (QED) is 0.137. The molecule has 0 fully saturated rings. The summed E-state index contributed by atoms with van der Waals surface area (Å²) in [6, 6.07) is 26.4. The standard InChI is InChI=1S/C38H46N6O3/c1-26-19-21-28(22-20-26)25-44-33(18-12-15-27-13-8-7-9-14-27)42-43-34(44)32(23-29-24-39-31-17-11-10-16-30(29)31)40-35(45)38(5,6)41-36(46)47-37(2,3)4/h7-11,13-14,16-17,19-22,24,32,39H,12,15,18,23,25H2,1-6H3,(H,40,45)(H,41,46)/t32-/m1/s1. The van der Waals surface area contributed by atoms with E-state index in [2.05, 4.69) is 81.7 Å². The molecule has 9 nitrogen and oxygen atoms in total. The average Bonchev–Trinajstić information content (AvgIpc) is 3.61. The van der Waals surface area contributed by atoms with Crippen LogP contribution in [0.3, 0.4) is 0 Å². The number of rotatable bonds is 12. The van der Waals surface area contributed by atoms with Crippen molar-refractivity contribution in [3.05, 3.63) is 119 Å². The van der Waals surface area contributed by atoms with E-state index in [4.69, 9.17) is 14.9 Å². The highest BCUT2D eigenvalue weighted by molar-refractivity contribution is 5.89. The second kappa shape index (κ2) is 14.2. The fraction of sp³-hybridized carbons (Fsp3) is 0.368. The van der Waals surface area contributed by atoms with Gasteiger partial charge >= 0.3 is 6.09 Å². The Balaban J connectivity index is 1.48. The molecule has 0 aliphatic heterocycles. The molecule has 0 radical (unpaired) electrons. The van der Waals surface area contributed by atoms with Gasteiger partial charge in [0.05, 0.1) is 12.6 Å². The van der Waals surface area contributed by atoms with Crippen LogP contribution >= 0.6 is 0 Å². The fourth-order valence-corrected chi connectivity index (χ4v) is 5.62. The lowest BCUT2D eigenvalue weighted by Crippen LogP contribution is -2.56. The van der Waals surface area contributed by atoms with Crippen LogP contribution in [0.1, 0.15) is 81.0 Å². The van der Waals surface area contributed by atoms with Gasteiger partial charge in [0.2, 0.25) is 5.91 Å². The van der Waals surface area contributed by atoms with Crippen molar-refractivity contribution in [1.29, 1.82) is 0 Å². The number of alkyl carbamates (subject to hydrolysis) is 1. The number of nitrogens with zero attached hydrogens (tertiary/aromatic N) is 3. The van der Waals surface area contributed by atoms with E-state index in [1.165, 1.54) is 11.1 Å². The highest BCUT2D eigenvalue weighted by atomic mass is 16.6. The van der Waals surface area contributed by atoms with Crippen molar-refractivity contribution in [2.45, 2.75) is 91.0 Å². The van der Waals surface area contributed by atoms with Crippen LogP contribution in [-0.4, -0.2) is 42.9 Å². The molecule has 2 heterocycles. The van der Waals surface area contributed by atoms with Crippen LogP contribution in [0.15, 0.2) is 85.1 Å². The first kappa shape index (κ1) is 33.4. The maximum Gasteiger partial charge on any atom is 0.408 e. The number of fused-ring (bicyclic) bond motifs is 1. The Kier molecular flexibility index (Phi) is 10.1. The highest BCUT2D eigenvalue weighted by Crippen LogP contribution is 2.26. The number of hydrogen-bond acceptors (Lipinski definition) is 5. The van der Waals surface area contributed by atoms with Crippen molar-refractivity contribution < 1.29 is 14.3 Å². The topological polar surface area (TPSA) is 114 Å². The van der Waals surface area contributed by atoms with Gasteiger partial charge in [0.1, 0.15) is 17.0 Å². The van der Waals surface area contributed by atoms with E-state index in [1.54, 1.807) is 34.6 Å². The van der Waals surface area contributed by atoms with E-state index in [0.717, 1.165) is 47.1 Å². The number of ether oxygens (including phenoxy) is 1. The summed E-state index contributed by atoms with van der Waals surface area (Å²) in [7, 11) is 0. The molecule has 0 aliphatic carbocycles. The molecule has 5 aromatic rings. The average molecular weight is 635 g/mol. The van der Waals surface area contributed by atoms with Gasteiger partial charge in [-0.3, -0.25) is 4.79 Å². The van der Waals surface area contributed by atoms with Crippen LogP contribution < -0.4 is 10.6 Å². The van der Waals surface area contributed by atoms with Crippen LogP contribution in [0.2, 0.25) is 0 Å². The Bertz CT molecular complexity index is 1800. The molecule has 0 spiro atoms. The number of aromatic nitrogens is 4. The largest absolute Gasteiger partial charge is 0.444 e. The lowest BCUT2D eigenvalue weighted by molar-refractivity contribution is -0.127. The predicted octanol–water partition coefficient (Wildman–Crippen LogP) is 6.99. The molecular weight excluding hydrogens is 588 g/mol. The lowest BCUT2D eigenvalue weighted by Gasteiger charge is -2.29. The van der Waals surface area contributed by atoms with Crippen LogP contribution in [0.4, 0.5) is 4.79 Å². The van der Waals surface area contributed by atoms with Gasteiger partial charge in [0, 0.05) is 29.9 Å². The number of aryl methyl sites for hydroxylation is 3. The summed E-state index contributed by atoms with van der Waals surface area (Å²) < 4.78 is 7.60. The van der Waals surface area contributed by atoms with Gasteiger partial charge < -0.3 is 24.9 Å². The molecule has 0 bridgehead atoms. The Morgan fingerprint density at radius 1 is 0.872 bits per heavy atom. The van der Waals surface area contributed by atoms with Gasteiger partial charge in [-0.1, -0.05) is 78.4 Å². The first-order valence-corrected chi connectivity index (χ1v) is 16.3. The molecule has 5 rings (SSSR count). The molecule has 0 saturated heterocycles. The third kappa shape index (κ3) is 8.87. The van der Waals surface area contributed by atoms with Gasteiger partial charge in [-0.05, 0) is 77.1 Å².